The van der Waals surface area contributed by atoms with E-state index < -0.39 is 11.7 Å². The number of fused-ring (bicyclic) bond motifs is 1. The fraction of sp³-hybridized carbons (Fsp3) is 0.500. The molecule has 0 aromatic rings. The number of thioether (sulfide) groups is 1. The maximum Gasteiger partial charge on any atom is 0.412 e. The van der Waals surface area contributed by atoms with Gasteiger partial charge in [0.05, 0.1) is 11.5 Å². The minimum absolute atomic E-state index is 0.0642. The molecule has 2 heterocycles. The number of hydrogen-bond acceptors (Lipinski definition) is 3. The number of likely N-dealkylation sites (tertiary alicyclic amines) is 1. The molecule has 0 aromatic carbocycles. The Kier molecular flexibility index (Phi) is 4.82. The first-order chi connectivity index (χ1) is 12.4. The molecule has 6 heteroatoms. The van der Waals surface area contributed by atoms with Crippen molar-refractivity contribution < 1.29 is 17.9 Å². The van der Waals surface area contributed by atoms with E-state index in [9.17, 15) is 13.2 Å². The van der Waals surface area contributed by atoms with Crippen molar-refractivity contribution in [1.29, 1.82) is 0 Å². The monoisotopic (exact) mass is 381 g/mol. The topological polar surface area (TPSA) is 12.5 Å². The van der Waals surface area contributed by atoms with Crippen LogP contribution in [0.5, 0.6) is 0 Å². The van der Waals surface area contributed by atoms with E-state index in [1.54, 1.807) is 18.0 Å². The molecule has 1 fully saturated rings. The zero-order valence-electron chi connectivity index (χ0n) is 14.6. The summed E-state index contributed by atoms with van der Waals surface area (Å²) in [5.74, 6) is 0.543. The lowest BCUT2D eigenvalue weighted by Gasteiger charge is -2.38. The van der Waals surface area contributed by atoms with Crippen molar-refractivity contribution in [3.8, 4) is 0 Å². The normalized spacial score (nSPS) is 30.2. The van der Waals surface area contributed by atoms with Crippen LogP contribution in [0.15, 0.2) is 58.5 Å². The second kappa shape index (κ2) is 6.97. The van der Waals surface area contributed by atoms with Gasteiger partial charge in [-0.25, -0.2) is 0 Å². The highest BCUT2D eigenvalue weighted by atomic mass is 32.2. The van der Waals surface area contributed by atoms with E-state index in [4.69, 9.17) is 4.74 Å². The summed E-state index contributed by atoms with van der Waals surface area (Å²) in [6.07, 6.45) is 8.44. The van der Waals surface area contributed by atoms with Gasteiger partial charge in [-0.05, 0) is 51.4 Å². The fourth-order valence-corrected chi connectivity index (χ4v) is 5.45. The van der Waals surface area contributed by atoms with Crippen molar-refractivity contribution in [3.63, 3.8) is 0 Å². The zero-order chi connectivity index (χ0) is 18.3. The van der Waals surface area contributed by atoms with Crippen molar-refractivity contribution in [2.24, 2.45) is 11.8 Å². The number of ether oxygens (including phenoxy) is 1. The summed E-state index contributed by atoms with van der Waals surface area (Å²) in [7, 11) is 2.07. The van der Waals surface area contributed by atoms with E-state index in [1.807, 2.05) is 18.2 Å². The van der Waals surface area contributed by atoms with Crippen LogP contribution >= 0.6 is 11.8 Å². The molecule has 2 aliphatic carbocycles. The van der Waals surface area contributed by atoms with Crippen LogP contribution in [-0.4, -0.2) is 36.5 Å². The molecule has 4 rings (SSSR count). The van der Waals surface area contributed by atoms with Gasteiger partial charge in [-0.3, -0.25) is 0 Å². The molecule has 140 valence electrons. The van der Waals surface area contributed by atoms with E-state index in [2.05, 4.69) is 18.0 Å². The number of allylic oxidation sites excluding steroid dienone is 6. The quantitative estimate of drug-likeness (QED) is 0.620. The highest BCUT2D eigenvalue weighted by Gasteiger charge is 2.43. The molecule has 0 amide bonds. The number of hydrogen-bond donors (Lipinski definition) is 0. The van der Waals surface area contributed by atoms with Crippen LogP contribution in [0, 0.1) is 11.8 Å². The van der Waals surface area contributed by atoms with Crippen molar-refractivity contribution in [2.45, 2.75) is 30.7 Å². The molecule has 2 nitrogen and oxygen atoms in total. The van der Waals surface area contributed by atoms with E-state index >= 15 is 0 Å². The molecule has 2 unspecified atom stereocenters. The van der Waals surface area contributed by atoms with Crippen molar-refractivity contribution in [1.82, 2.24) is 4.90 Å². The number of piperidine rings is 1. The predicted molar refractivity (Wildman–Crippen MR) is 98.3 cm³/mol. The average molecular weight is 381 g/mol. The Morgan fingerprint density at radius 1 is 1.19 bits per heavy atom. The molecule has 2 aliphatic heterocycles. The summed E-state index contributed by atoms with van der Waals surface area (Å²) < 4.78 is 46.3. The summed E-state index contributed by atoms with van der Waals surface area (Å²) in [5, 5.41) is 0.113. The number of nitrogens with zero attached hydrogens (tertiary/aromatic N) is 1. The molecule has 1 saturated heterocycles. The van der Waals surface area contributed by atoms with Gasteiger partial charge in [-0.15, -0.1) is 11.8 Å². The maximum absolute atomic E-state index is 13.5. The first-order valence-corrected chi connectivity index (χ1v) is 9.88. The molecule has 2 atom stereocenters. The third kappa shape index (κ3) is 3.54. The van der Waals surface area contributed by atoms with Gasteiger partial charge >= 0.3 is 6.18 Å². The van der Waals surface area contributed by atoms with E-state index in [-0.39, 0.29) is 23.5 Å². The second-order valence-corrected chi connectivity index (χ2v) is 8.55. The molecule has 0 bridgehead atoms. The number of rotatable bonds is 1. The third-order valence-electron chi connectivity index (χ3n) is 5.61. The Balaban J connectivity index is 1.69. The van der Waals surface area contributed by atoms with Crippen LogP contribution in [0.2, 0.25) is 0 Å². The van der Waals surface area contributed by atoms with Gasteiger partial charge in [-0.1, -0.05) is 24.3 Å². The summed E-state index contributed by atoms with van der Waals surface area (Å²) >= 11 is 1.66. The summed E-state index contributed by atoms with van der Waals surface area (Å²) in [5.41, 5.74) is 0.533. The molecule has 0 saturated carbocycles. The lowest BCUT2D eigenvalue weighted by atomic mass is 9.78. The van der Waals surface area contributed by atoms with Gasteiger partial charge in [0, 0.05) is 22.0 Å². The highest BCUT2D eigenvalue weighted by molar-refractivity contribution is 8.04. The Bertz CT molecular complexity index is 724. The molecular weight excluding hydrogens is 359 g/mol. The predicted octanol–water partition coefficient (Wildman–Crippen LogP) is 5.19. The van der Waals surface area contributed by atoms with E-state index in [0.29, 0.717) is 5.76 Å². The van der Waals surface area contributed by atoms with Gasteiger partial charge in [0.2, 0.25) is 0 Å². The van der Waals surface area contributed by atoms with Crippen LogP contribution in [0.4, 0.5) is 13.2 Å². The first kappa shape index (κ1) is 18.0. The van der Waals surface area contributed by atoms with Crippen LogP contribution in [-0.2, 0) is 4.74 Å². The van der Waals surface area contributed by atoms with Crippen molar-refractivity contribution >= 4 is 11.8 Å². The van der Waals surface area contributed by atoms with Gasteiger partial charge in [0.25, 0.3) is 0 Å². The largest absolute Gasteiger partial charge is 0.464 e. The number of alkyl halides is 3. The molecule has 26 heavy (non-hydrogen) atoms. The Labute approximate surface area is 156 Å². The first-order valence-electron chi connectivity index (χ1n) is 9.00. The average Bonchev–Trinajstić information content (AvgIpc) is 2.80. The van der Waals surface area contributed by atoms with Gasteiger partial charge < -0.3 is 9.64 Å². The van der Waals surface area contributed by atoms with Gasteiger partial charge in [0.1, 0.15) is 5.76 Å². The van der Waals surface area contributed by atoms with Crippen molar-refractivity contribution in [2.75, 3.05) is 20.1 Å². The SMILES string of the molecule is CN1CCC(C2CC(C(F)(F)F)=CC3=C2SC2C=CC=CC2=CO3)CC1. The van der Waals surface area contributed by atoms with E-state index in [0.717, 1.165) is 36.4 Å². The van der Waals surface area contributed by atoms with E-state index in [1.165, 1.54) is 6.08 Å². The standard InChI is InChI=1S/C20H22F3NOS/c1-24-8-6-13(7-9-24)16-10-15(20(21,22)23)11-17-19(16)26-18-5-3-2-4-14(18)12-25-17/h2-5,11-13,16,18H,6-10H2,1H3. The van der Waals surface area contributed by atoms with Crippen molar-refractivity contribution in [3.05, 3.63) is 58.5 Å². The van der Waals surface area contributed by atoms with Crippen LogP contribution in [0.25, 0.3) is 0 Å². The van der Waals surface area contributed by atoms with Gasteiger partial charge in [0.15, 0.2) is 0 Å². The number of halogens is 3. The molecule has 0 radical (unpaired) electrons. The minimum Gasteiger partial charge on any atom is -0.464 e. The molecular formula is C20H22F3NOS. The highest BCUT2D eigenvalue weighted by Crippen LogP contribution is 2.50. The zero-order valence-corrected chi connectivity index (χ0v) is 15.4. The van der Waals surface area contributed by atoms with Gasteiger partial charge in [-0.2, -0.15) is 13.2 Å². The molecule has 0 aromatic heterocycles. The maximum atomic E-state index is 13.5. The smallest absolute Gasteiger partial charge is 0.412 e. The summed E-state index contributed by atoms with van der Waals surface area (Å²) in [4.78, 5) is 3.24. The lowest BCUT2D eigenvalue weighted by Crippen LogP contribution is -2.35. The Morgan fingerprint density at radius 2 is 1.96 bits per heavy atom. The lowest BCUT2D eigenvalue weighted by molar-refractivity contribution is -0.0963. The fourth-order valence-electron chi connectivity index (χ4n) is 4.07. The Morgan fingerprint density at radius 3 is 2.69 bits per heavy atom. The molecule has 0 spiro atoms. The van der Waals surface area contributed by atoms with Crippen LogP contribution < -0.4 is 0 Å². The minimum atomic E-state index is -4.30. The third-order valence-corrected chi connectivity index (χ3v) is 7.05. The summed E-state index contributed by atoms with van der Waals surface area (Å²) in [6, 6.07) is 0. The molecule has 0 N–H and O–H groups in total. The van der Waals surface area contributed by atoms with Crippen LogP contribution in [0.1, 0.15) is 19.3 Å². The van der Waals surface area contributed by atoms with Crippen LogP contribution in [0.3, 0.4) is 0 Å². The summed E-state index contributed by atoms with van der Waals surface area (Å²) in [6.45, 7) is 1.88. The second-order valence-electron chi connectivity index (χ2n) is 7.37. The molecule has 4 aliphatic rings. The Hall–Kier alpha value is -1.40.